The molecule has 0 atom stereocenters. The van der Waals surface area contributed by atoms with Crippen LogP contribution in [0.2, 0.25) is 0 Å². The second-order valence-electron chi connectivity index (χ2n) is 6.51. The molecule has 0 radical (unpaired) electrons. The molecule has 3 rings (SSSR count). The van der Waals surface area contributed by atoms with Crippen molar-refractivity contribution >= 4 is 10.9 Å². The van der Waals surface area contributed by atoms with Crippen molar-refractivity contribution in [2.24, 2.45) is 5.73 Å². The lowest BCUT2D eigenvalue weighted by molar-refractivity contribution is -0.0661. The fraction of sp³-hybridized carbons (Fsp3) is 0.500. The molecule has 102 valence electrons. The molecule has 1 aliphatic rings. The van der Waals surface area contributed by atoms with Gasteiger partial charge in [-0.05, 0) is 38.3 Å². The molecular formula is C16H22N2O. The standard InChI is InChI=1S/C16H22N2O/c1-15(2,17)7-8-16(10-19-11-16)13-9-18-14-6-4-3-5-12(13)14/h3-6,9,18H,7-8,10-11,17H2,1-2H3. The maximum atomic E-state index is 6.14. The van der Waals surface area contributed by atoms with E-state index < -0.39 is 0 Å². The Bertz CT molecular complexity index is 576. The number of benzene rings is 1. The quantitative estimate of drug-likeness (QED) is 0.886. The van der Waals surface area contributed by atoms with E-state index in [-0.39, 0.29) is 11.0 Å². The molecule has 1 saturated heterocycles. The highest BCUT2D eigenvalue weighted by atomic mass is 16.5. The molecule has 0 unspecified atom stereocenters. The molecular weight excluding hydrogens is 236 g/mol. The van der Waals surface area contributed by atoms with Gasteiger partial charge in [0.05, 0.1) is 13.2 Å². The van der Waals surface area contributed by atoms with Gasteiger partial charge in [0.25, 0.3) is 0 Å². The van der Waals surface area contributed by atoms with E-state index in [1.54, 1.807) is 0 Å². The van der Waals surface area contributed by atoms with Crippen LogP contribution in [0.3, 0.4) is 0 Å². The van der Waals surface area contributed by atoms with E-state index in [4.69, 9.17) is 10.5 Å². The molecule has 0 amide bonds. The Kier molecular flexibility index (Phi) is 2.91. The van der Waals surface area contributed by atoms with Gasteiger partial charge in [0.15, 0.2) is 0 Å². The molecule has 2 aromatic rings. The molecule has 1 aromatic carbocycles. The van der Waals surface area contributed by atoms with Crippen LogP contribution < -0.4 is 5.73 Å². The van der Waals surface area contributed by atoms with Gasteiger partial charge < -0.3 is 15.5 Å². The van der Waals surface area contributed by atoms with Crippen molar-refractivity contribution in [2.75, 3.05) is 13.2 Å². The Labute approximate surface area is 114 Å². The molecule has 0 aliphatic carbocycles. The Morgan fingerprint density at radius 3 is 2.68 bits per heavy atom. The minimum Gasteiger partial charge on any atom is -0.379 e. The summed E-state index contributed by atoms with van der Waals surface area (Å²) in [6.07, 6.45) is 4.24. The van der Waals surface area contributed by atoms with Gasteiger partial charge in [-0.25, -0.2) is 0 Å². The molecule has 2 heterocycles. The smallest absolute Gasteiger partial charge is 0.0586 e. The van der Waals surface area contributed by atoms with E-state index >= 15 is 0 Å². The monoisotopic (exact) mass is 258 g/mol. The summed E-state index contributed by atoms with van der Waals surface area (Å²) < 4.78 is 5.52. The first-order valence-corrected chi connectivity index (χ1v) is 6.93. The number of rotatable bonds is 4. The molecule has 3 N–H and O–H groups in total. The van der Waals surface area contributed by atoms with Crippen LogP contribution >= 0.6 is 0 Å². The average molecular weight is 258 g/mol. The Hall–Kier alpha value is -1.32. The Morgan fingerprint density at radius 1 is 1.32 bits per heavy atom. The molecule has 19 heavy (non-hydrogen) atoms. The van der Waals surface area contributed by atoms with Gasteiger partial charge >= 0.3 is 0 Å². The summed E-state index contributed by atoms with van der Waals surface area (Å²) in [5, 5.41) is 1.32. The zero-order valence-corrected chi connectivity index (χ0v) is 11.7. The second-order valence-corrected chi connectivity index (χ2v) is 6.51. The second kappa shape index (κ2) is 4.36. The number of nitrogens with one attached hydrogen (secondary N) is 1. The maximum Gasteiger partial charge on any atom is 0.0586 e. The fourth-order valence-electron chi connectivity index (χ4n) is 2.85. The van der Waals surface area contributed by atoms with Crippen molar-refractivity contribution in [1.82, 2.24) is 4.98 Å². The van der Waals surface area contributed by atoms with Crippen molar-refractivity contribution in [3.05, 3.63) is 36.0 Å². The highest BCUT2D eigenvalue weighted by Gasteiger charge is 2.42. The lowest BCUT2D eigenvalue weighted by Gasteiger charge is -2.43. The van der Waals surface area contributed by atoms with Crippen LogP contribution in [0.1, 0.15) is 32.3 Å². The van der Waals surface area contributed by atoms with Crippen molar-refractivity contribution < 1.29 is 4.74 Å². The molecule has 1 aromatic heterocycles. The van der Waals surface area contributed by atoms with Gasteiger partial charge in [0.2, 0.25) is 0 Å². The van der Waals surface area contributed by atoms with Crippen molar-refractivity contribution in [3.8, 4) is 0 Å². The summed E-state index contributed by atoms with van der Waals surface area (Å²) in [6, 6.07) is 8.48. The summed E-state index contributed by atoms with van der Waals surface area (Å²) in [5.74, 6) is 0. The number of nitrogens with two attached hydrogens (primary N) is 1. The van der Waals surface area contributed by atoms with E-state index in [1.165, 1.54) is 16.5 Å². The zero-order chi connectivity index (χ0) is 13.5. The Balaban J connectivity index is 1.93. The van der Waals surface area contributed by atoms with Crippen LogP contribution in [-0.4, -0.2) is 23.7 Å². The normalized spacial score (nSPS) is 18.5. The molecule has 0 spiro atoms. The third-order valence-electron chi connectivity index (χ3n) is 4.17. The minimum atomic E-state index is -0.116. The van der Waals surface area contributed by atoms with E-state index in [9.17, 15) is 0 Å². The van der Waals surface area contributed by atoms with Gasteiger partial charge in [-0.1, -0.05) is 18.2 Å². The topological polar surface area (TPSA) is 51.0 Å². The number of aromatic amines is 1. The average Bonchev–Trinajstić information content (AvgIpc) is 2.71. The van der Waals surface area contributed by atoms with Crippen molar-refractivity contribution in [2.45, 2.75) is 37.6 Å². The number of hydrogen-bond donors (Lipinski definition) is 2. The largest absolute Gasteiger partial charge is 0.379 e. The number of hydrogen-bond acceptors (Lipinski definition) is 2. The van der Waals surface area contributed by atoms with Gasteiger partial charge in [-0.3, -0.25) is 0 Å². The number of ether oxygens (including phenoxy) is 1. The van der Waals surface area contributed by atoms with Gasteiger partial charge in [-0.2, -0.15) is 0 Å². The first-order valence-electron chi connectivity index (χ1n) is 6.93. The molecule has 0 bridgehead atoms. The predicted octanol–water partition coefficient (Wildman–Crippen LogP) is 2.95. The van der Waals surface area contributed by atoms with Gasteiger partial charge in [-0.15, -0.1) is 0 Å². The molecule has 3 heteroatoms. The summed E-state index contributed by atoms with van der Waals surface area (Å²) in [6.45, 7) is 5.81. The van der Waals surface area contributed by atoms with Crippen LogP contribution in [0.4, 0.5) is 0 Å². The van der Waals surface area contributed by atoms with Crippen molar-refractivity contribution in [1.29, 1.82) is 0 Å². The first-order chi connectivity index (χ1) is 9.00. The maximum absolute atomic E-state index is 6.14. The summed E-state index contributed by atoms with van der Waals surface area (Å²) in [4.78, 5) is 3.37. The van der Waals surface area contributed by atoms with Gasteiger partial charge in [0.1, 0.15) is 0 Å². The molecule has 0 saturated carbocycles. The summed E-state index contributed by atoms with van der Waals surface area (Å²) in [5.41, 5.74) is 8.76. The molecule has 3 nitrogen and oxygen atoms in total. The number of fused-ring (bicyclic) bond motifs is 1. The van der Waals surface area contributed by atoms with E-state index in [1.807, 2.05) is 0 Å². The lowest BCUT2D eigenvalue weighted by Crippen LogP contribution is -2.48. The predicted molar refractivity (Wildman–Crippen MR) is 78.3 cm³/mol. The van der Waals surface area contributed by atoms with Crippen LogP contribution in [-0.2, 0) is 10.2 Å². The zero-order valence-electron chi connectivity index (χ0n) is 11.7. The number of H-pyrrole nitrogens is 1. The van der Waals surface area contributed by atoms with E-state index in [0.29, 0.717) is 0 Å². The van der Waals surface area contributed by atoms with Crippen LogP contribution in [0.15, 0.2) is 30.5 Å². The highest BCUT2D eigenvalue weighted by Crippen LogP contribution is 2.41. The first kappa shape index (κ1) is 12.7. The summed E-state index contributed by atoms with van der Waals surface area (Å²) in [7, 11) is 0. The molecule has 1 fully saturated rings. The lowest BCUT2D eigenvalue weighted by atomic mass is 9.73. The third-order valence-corrected chi connectivity index (χ3v) is 4.17. The SMILES string of the molecule is CC(C)(N)CCC1(c2c[nH]c3ccccc23)COC1. The molecule has 1 aliphatic heterocycles. The third kappa shape index (κ3) is 2.28. The number of para-hydroxylation sites is 1. The van der Waals surface area contributed by atoms with Crippen LogP contribution in [0.25, 0.3) is 10.9 Å². The Morgan fingerprint density at radius 2 is 2.05 bits per heavy atom. The minimum absolute atomic E-state index is 0.116. The summed E-state index contributed by atoms with van der Waals surface area (Å²) >= 11 is 0. The van der Waals surface area contributed by atoms with Gasteiger partial charge in [0, 0.05) is 28.1 Å². The van der Waals surface area contributed by atoms with Crippen LogP contribution in [0, 0.1) is 0 Å². The fourth-order valence-corrected chi connectivity index (χ4v) is 2.85. The van der Waals surface area contributed by atoms with Crippen molar-refractivity contribution in [3.63, 3.8) is 0 Å². The van der Waals surface area contributed by atoms with E-state index in [2.05, 4.69) is 49.3 Å². The highest BCUT2D eigenvalue weighted by molar-refractivity contribution is 5.84. The van der Waals surface area contributed by atoms with E-state index in [0.717, 1.165) is 26.1 Å². The number of aromatic nitrogens is 1. The van der Waals surface area contributed by atoms with Crippen LogP contribution in [0.5, 0.6) is 0 Å².